The summed E-state index contributed by atoms with van der Waals surface area (Å²) in [5, 5.41) is 0. The number of hydrogen-bond acceptors (Lipinski definition) is 4. The Morgan fingerprint density at radius 3 is 2.58 bits per heavy atom. The highest BCUT2D eigenvalue weighted by Crippen LogP contribution is 2.10. The van der Waals surface area contributed by atoms with Crippen molar-refractivity contribution in [3.63, 3.8) is 0 Å². The number of rotatable bonds is 5. The quantitative estimate of drug-likeness (QED) is 0.762. The lowest BCUT2D eigenvalue weighted by Crippen LogP contribution is -2.35. The van der Waals surface area contributed by atoms with Crippen LogP contribution in [0.5, 0.6) is 0 Å². The largest absolute Gasteiger partial charge is 0.462 e. The summed E-state index contributed by atoms with van der Waals surface area (Å²) >= 11 is 0. The third-order valence-corrected chi connectivity index (χ3v) is 3.14. The number of carbonyl (C=O) groups excluding carboxylic acids is 1. The fourth-order valence-electron chi connectivity index (χ4n) is 2.04. The average molecular weight is 263 g/mol. The highest BCUT2D eigenvalue weighted by Gasteiger charge is 2.11. The van der Waals surface area contributed by atoms with Gasteiger partial charge in [0.2, 0.25) is 0 Å². The molecule has 0 spiro atoms. The first kappa shape index (κ1) is 14.0. The van der Waals surface area contributed by atoms with Crippen molar-refractivity contribution in [3.05, 3.63) is 35.4 Å². The fourth-order valence-corrected chi connectivity index (χ4v) is 2.04. The Labute approximate surface area is 114 Å². The molecule has 0 saturated carbocycles. The second-order valence-electron chi connectivity index (χ2n) is 4.72. The Hall–Kier alpha value is -1.39. The van der Waals surface area contributed by atoms with Gasteiger partial charge in [0.1, 0.15) is 0 Å². The summed E-state index contributed by atoms with van der Waals surface area (Å²) in [6, 6.07) is 7.68. The smallest absolute Gasteiger partial charge is 0.338 e. The van der Waals surface area contributed by atoms with E-state index in [4.69, 9.17) is 9.47 Å². The third kappa shape index (κ3) is 4.33. The Balaban J connectivity index is 1.88. The molecule has 0 N–H and O–H groups in total. The van der Waals surface area contributed by atoms with Crippen molar-refractivity contribution in [2.24, 2.45) is 0 Å². The van der Waals surface area contributed by atoms with Crippen LogP contribution in [0.15, 0.2) is 24.3 Å². The van der Waals surface area contributed by atoms with E-state index in [0.29, 0.717) is 12.2 Å². The second-order valence-corrected chi connectivity index (χ2v) is 4.72. The summed E-state index contributed by atoms with van der Waals surface area (Å²) in [4.78, 5) is 14.0. The normalized spacial score (nSPS) is 16.3. The summed E-state index contributed by atoms with van der Waals surface area (Å²) in [6.45, 7) is 6.93. The van der Waals surface area contributed by atoms with E-state index in [0.717, 1.165) is 39.3 Å². The molecule has 1 aliphatic heterocycles. The topological polar surface area (TPSA) is 38.8 Å². The molecule has 0 bridgehead atoms. The van der Waals surface area contributed by atoms with Gasteiger partial charge >= 0.3 is 5.97 Å². The molecule has 4 heteroatoms. The molecule has 1 heterocycles. The number of ether oxygens (including phenoxy) is 2. The van der Waals surface area contributed by atoms with Gasteiger partial charge in [0.25, 0.3) is 0 Å². The number of carbonyl (C=O) groups is 1. The molecule has 4 nitrogen and oxygen atoms in total. The van der Waals surface area contributed by atoms with Gasteiger partial charge in [-0.15, -0.1) is 0 Å². The van der Waals surface area contributed by atoms with Gasteiger partial charge in [0, 0.05) is 19.6 Å². The lowest BCUT2D eigenvalue weighted by molar-refractivity contribution is 0.0342. The number of hydrogen-bond donors (Lipinski definition) is 0. The van der Waals surface area contributed by atoms with Gasteiger partial charge in [-0.3, -0.25) is 4.90 Å². The zero-order valence-electron chi connectivity index (χ0n) is 11.4. The zero-order valence-corrected chi connectivity index (χ0v) is 11.4. The van der Waals surface area contributed by atoms with Gasteiger partial charge in [0.15, 0.2) is 0 Å². The van der Waals surface area contributed by atoms with Crippen LogP contribution < -0.4 is 0 Å². The number of nitrogens with zero attached hydrogens (tertiary/aromatic N) is 1. The van der Waals surface area contributed by atoms with Crippen molar-refractivity contribution in [1.82, 2.24) is 4.90 Å². The molecule has 0 unspecified atom stereocenters. The average Bonchev–Trinajstić information content (AvgIpc) is 2.46. The molecule has 0 radical (unpaired) electrons. The van der Waals surface area contributed by atoms with Crippen LogP contribution in [0, 0.1) is 0 Å². The minimum Gasteiger partial charge on any atom is -0.462 e. The molecule has 0 atom stereocenters. The van der Waals surface area contributed by atoms with Gasteiger partial charge < -0.3 is 9.47 Å². The van der Waals surface area contributed by atoms with Crippen molar-refractivity contribution in [2.75, 3.05) is 32.9 Å². The lowest BCUT2D eigenvalue weighted by Gasteiger charge is -2.26. The predicted molar refractivity (Wildman–Crippen MR) is 73.1 cm³/mol. The highest BCUT2D eigenvalue weighted by molar-refractivity contribution is 5.89. The Morgan fingerprint density at radius 2 is 1.95 bits per heavy atom. The molecule has 1 aromatic carbocycles. The van der Waals surface area contributed by atoms with Crippen molar-refractivity contribution in [3.8, 4) is 0 Å². The molecule has 0 aliphatic carbocycles. The first-order chi connectivity index (χ1) is 9.29. The molecule has 1 fully saturated rings. The molecule has 1 aromatic rings. The van der Waals surface area contributed by atoms with Crippen molar-refractivity contribution < 1.29 is 14.3 Å². The first-order valence-electron chi connectivity index (χ1n) is 6.85. The minimum atomic E-state index is -0.236. The Kier molecular flexibility index (Phi) is 5.36. The SMILES string of the molecule is CCCOC(=O)c1ccc(CN2CCOCC2)cc1. The zero-order chi connectivity index (χ0) is 13.5. The van der Waals surface area contributed by atoms with E-state index in [-0.39, 0.29) is 5.97 Å². The summed E-state index contributed by atoms with van der Waals surface area (Å²) in [5.74, 6) is -0.236. The number of esters is 1. The van der Waals surface area contributed by atoms with Crippen LogP contribution in [-0.2, 0) is 16.0 Å². The minimum absolute atomic E-state index is 0.236. The molecule has 2 rings (SSSR count). The van der Waals surface area contributed by atoms with Gasteiger partial charge in [-0.25, -0.2) is 4.79 Å². The van der Waals surface area contributed by atoms with Crippen molar-refractivity contribution in [2.45, 2.75) is 19.9 Å². The van der Waals surface area contributed by atoms with Crippen molar-refractivity contribution >= 4 is 5.97 Å². The van der Waals surface area contributed by atoms with Gasteiger partial charge in [-0.1, -0.05) is 19.1 Å². The maximum atomic E-state index is 11.7. The van der Waals surface area contributed by atoms with Gasteiger partial charge in [0.05, 0.1) is 25.4 Å². The van der Waals surface area contributed by atoms with E-state index in [1.54, 1.807) is 0 Å². The summed E-state index contributed by atoms with van der Waals surface area (Å²) < 4.78 is 10.4. The van der Waals surface area contributed by atoms with Crippen LogP contribution in [-0.4, -0.2) is 43.8 Å². The van der Waals surface area contributed by atoms with E-state index >= 15 is 0 Å². The maximum absolute atomic E-state index is 11.7. The highest BCUT2D eigenvalue weighted by atomic mass is 16.5. The van der Waals surface area contributed by atoms with Crippen LogP contribution in [0.1, 0.15) is 29.3 Å². The fraction of sp³-hybridized carbons (Fsp3) is 0.533. The third-order valence-electron chi connectivity index (χ3n) is 3.14. The molecular weight excluding hydrogens is 242 g/mol. The second kappa shape index (κ2) is 7.26. The van der Waals surface area contributed by atoms with Crippen LogP contribution >= 0.6 is 0 Å². The van der Waals surface area contributed by atoms with E-state index in [1.807, 2.05) is 31.2 Å². The van der Waals surface area contributed by atoms with Crippen LogP contribution in [0.2, 0.25) is 0 Å². The Bertz CT molecular complexity index is 396. The van der Waals surface area contributed by atoms with Crippen LogP contribution in [0.4, 0.5) is 0 Å². The summed E-state index contributed by atoms with van der Waals surface area (Å²) in [5.41, 5.74) is 1.84. The lowest BCUT2D eigenvalue weighted by atomic mass is 10.1. The molecule has 0 aromatic heterocycles. The van der Waals surface area contributed by atoms with Crippen molar-refractivity contribution in [1.29, 1.82) is 0 Å². The standard InChI is InChI=1S/C15H21NO3/c1-2-9-19-15(17)14-5-3-13(4-6-14)12-16-7-10-18-11-8-16/h3-6H,2,7-12H2,1H3. The first-order valence-corrected chi connectivity index (χ1v) is 6.85. The summed E-state index contributed by atoms with van der Waals surface area (Å²) in [6.07, 6.45) is 0.848. The molecule has 19 heavy (non-hydrogen) atoms. The Morgan fingerprint density at radius 1 is 1.26 bits per heavy atom. The van der Waals surface area contributed by atoms with Crippen LogP contribution in [0.3, 0.4) is 0 Å². The van der Waals surface area contributed by atoms with Gasteiger partial charge in [-0.05, 0) is 24.1 Å². The van der Waals surface area contributed by atoms with E-state index in [9.17, 15) is 4.79 Å². The number of morpholine rings is 1. The molecule has 104 valence electrons. The molecule has 1 saturated heterocycles. The predicted octanol–water partition coefficient (Wildman–Crippen LogP) is 2.09. The number of benzene rings is 1. The molecular formula is C15H21NO3. The maximum Gasteiger partial charge on any atom is 0.338 e. The summed E-state index contributed by atoms with van der Waals surface area (Å²) in [7, 11) is 0. The van der Waals surface area contributed by atoms with Crippen LogP contribution in [0.25, 0.3) is 0 Å². The van der Waals surface area contributed by atoms with E-state index < -0.39 is 0 Å². The molecule has 1 aliphatic rings. The monoisotopic (exact) mass is 263 g/mol. The molecule has 0 amide bonds. The van der Waals surface area contributed by atoms with Gasteiger partial charge in [-0.2, -0.15) is 0 Å². The van der Waals surface area contributed by atoms with E-state index in [2.05, 4.69) is 4.90 Å². The van der Waals surface area contributed by atoms with E-state index in [1.165, 1.54) is 5.56 Å².